The van der Waals surface area contributed by atoms with Gasteiger partial charge in [-0.25, -0.2) is 32.2 Å². The standard InChI is InChI=1S/C42H44F2N8O5S/c1-5-56-35-14-13-28(25-29(35)41(53)49-39-30(43)10-9-11-31(39)44)38-40(52-17-8-7-12-37(52)48-38)32-15-16-45-42(46-32)47-33-24-27(3)34(26-36(33)57-6-2)51-20-18-50(19-21-51)22-23-58(4,54)55/h7-17,24-26H,5-6,18-23H2,1-4H3,(H,49,53)(H,45,46,47). The van der Waals surface area contributed by atoms with Crippen molar-refractivity contribution >= 4 is 44.4 Å². The molecule has 1 aliphatic heterocycles. The lowest BCUT2D eigenvalue weighted by Gasteiger charge is -2.37. The fourth-order valence-electron chi connectivity index (χ4n) is 6.95. The van der Waals surface area contributed by atoms with Crippen LogP contribution in [-0.2, 0) is 9.84 Å². The highest BCUT2D eigenvalue weighted by atomic mass is 32.2. The number of nitrogens with one attached hydrogen (secondary N) is 2. The number of ether oxygens (including phenoxy) is 2. The normalized spacial score (nSPS) is 13.4. The van der Waals surface area contributed by atoms with Crippen LogP contribution in [0.5, 0.6) is 11.5 Å². The Kier molecular flexibility index (Phi) is 11.9. The topological polar surface area (TPSA) is 143 Å². The second-order valence-corrected chi connectivity index (χ2v) is 16.1. The molecule has 1 aliphatic rings. The van der Waals surface area contributed by atoms with Crippen LogP contribution in [0.4, 0.5) is 31.8 Å². The number of halogens is 2. The number of hydrogen-bond donors (Lipinski definition) is 2. The highest BCUT2D eigenvalue weighted by Gasteiger charge is 2.24. The summed E-state index contributed by atoms with van der Waals surface area (Å²) in [5, 5.41) is 5.73. The van der Waals surface area contributed by atoms with Crippen LogP contribution in [0.2, 0.25) is 0 Å². The van der Waals surface area contributed by atoms with Gasteiger partial charge in [0.15, 0.2) is 0 Å². The van der Waals surface area contributed by atoms with E-state index >= 15 is 0 Å². The zero-order valence-corrected chi connectivity index (χ0v) is 33.4. The van der Waals surface area contributed by atoms with E-state index in [0.717, 1.165) is 49.6 Å². The summed E-state index contributed by atoms with van der Waals surface area (Å²) in [7, 11) is -3.03. The number of para-hydroxylation sites is 1. The van der Waals surface area contributed by atoms with E-state index in [1.807, 2.05) is 54.8 Å². The van der Waals surface area contributed by atoms with Crippen LogP contribution in [0.3, 0.4) is 0 Å². The molecule has 302 valence electrons. The predicted octanol–water partition coefficient (Wildman–Crippen LogP) is 7.00. The highest BCUT2D eigenvalue weighted by Crippen LogP contribution is 2.38. The fraction of sp³-hybridized carbons (Fsp3) is 0.286. The van der Waals surface area contributed by atoms with Crippen LogP contribution in [0.15, 0.2) is 85.2 Å². The lowest BCUT2D eigenvalue weighted by molar-refractivity contribution is 0.102. The van der Waals surface area contributed by atoms with Crippen molar-refractivity contribution in [1.82, 2.24) is 24.3 Å². The van der Waals surface area contributed by atoms with Crippen molar-refractivity contribution in [2.45, 2.75) is 20.8 Å². The summed E-state index contributed by atoms with van der Waals surface area (Å²) < 4.78 is 66.2. The first-order valence-corrected chi connectivity index (χ1v) is 21.0. The van der Waals surface area contributed by atoms with Gasteiger partial charge in [0.1, 0.15) is 44.3 Å². The van der Waals surface area contributed by atoms with E-state index in [1.165, 1.54) is 12.3 Å². The van der Waals surface area contributed by atoms with Crippen LogP contribution < -0.4 is 25.0 Å². The first-order valence-electron chi connectivity index (χ1n) is 18.9. The van der Waals surface area contributed by atoms with Gasteiger partial charge in [0.25, 0.3) is 5.91 Å². The molecule has 13 nitrogen and oxygen atoms in total. The van der Waals surface area contributed by atoms with Crippen LogP contribution in [0.1, 0.15) is 29.8 Å². The number of hydrogen-bond acceptors (Lipinski definition) is 11. The number of aryl methyl sites for hydroxylation is 1. The molecule has 2 N–H and O–H groups in total. The SMILES string of the molecule is CCOc1cc(N2CCN(CCS(C)(=O)=O)CC2)c(C)cc1Nc1nccc(-c2c(-c3ccc(OCC)c(C(=O)Nc4c(F)cccc4F)c3)nc3ccccn23)n1. The van der Waals surface area contributed by atoms with Gasteiger partial charge >= 0.3 is 0 Å². The summed E-state index contributed by atoms with van der Waals surface area (Å²) in [6.45, 7) is 9.94. The minimum Gasteiger partial charge on any atom is -0.493 e. The monoisotopic (exact) mass is 810 g/mol. The molecule has 0 spiro atoms. The van der Waals surface area contributed by atoms with E-state index in [1.54, 1.807) is 37.4 Å². The maximum absolute atomic E-state index is 14.5. The molecule has 0 radical (unpaired) electrons. The van der Waals surface area contributed by atoms with Crippen molar-refractivity contribution in [3.63, 3.8) is 0 Å². The maximum atomic E-state index is 14.5. The van der Waals surface area contributed by atoms with Gasteiger partial charge in [0, 0.05) is 68.7 Å². The van der Waals surface area contributed by atoms with Crippen molar-refractivity contribution < 1.29 is 31.5 Å². The lowest BCUT2D eigenvalue weighted by Crippen LogP contribution is -2.47. The van der Waals surface area contributed by atoms with Gasteiger partial charge in [-0.2, -0.15) is 0 Å². The molecule has 6 aromatic rings. The summed E-state index contributed by atoms with van der Waals surface area (Å²) >= 11 is 0. The van der Waals surface area contributed by atoms with Gasteiger partial charge in [-0.05, 0) is 80.9 Å². The number of sulfone groups is 1. The Morgan fingerprint density at radius 2 is 1.62 bits per heavy atom. The average Bonchev–Trinajstić information content (AvgIpc) is 3.60. The Morgan fingerprint density at radius 3 is 2.34 bits per heavy atom. The van der Waals surface area contributed by atoms with Gasteiger partial charge in [0.2, 0.25) is 5.95 Å². The minimum atomic E-state index is -3.03. The number of imidazole rings is 1. The Morgan fingerprint density at radius 1 is 0.879 bits per heavy atom. The van der Waals surface area contributed by atoms with E-state index in [2.05, 4.69) is 25.4 Å². The van der Waals surface area contributed by atoms with Crippen LogP contribution in [-0.4, -0.2) is 96.5 Å². The van der Waals surface area contributed by atoms with Crippen molar-refractivity contribution in [2.24, 2.45) is 0 Å². The van der Waals surface area contributed by atoms with E-state index in [9.17, 15) is 22.0 Å². The number of rotatable bonds is 14. The number of carbonyl (C=O) groups is 1. The predicted molar refractivity (Wildman–Crippen MR) is 221 cm³/mol. The third kappa shape index (κ3) is 8.87. The smallest absolute Gasteiger partial charge is 0.259 e. The molecule has 0 unspecified atom stereocenters. The van der Waals surface area contributed by atoms with Crippen molar-refractivity contribution in [2.75, 3.05) is 73.5 Å². The first-order chi connectivity index (χ1) is 27.9. The molecule has 0 saturated carbocycles. The fourth-order valence-corrected chi connectivity index (χ4v) is 7.54. The quantitative estimate of drug-likeness (QED) is 0.117. The molecule has 0 atom stereocenters. The third-order valence-electron chi connectivity index (χ3n) is 9.76. The molecular formula is C42H44F2N8O5S. The Balaban J connectivity index is 1.20. The second-order valence-electron chi connectivity index (χ2n) is 13.8. The summed E-state index contributed by atoms with van der Waals surface area (Å²) in [6, 6.07) is 19.7. The molecule has 1 amide bonds. The third-order valence-corrected chi connectivity index (χ3v) is 10.7. The number of nitrogens with zero attached hydrogens (tertiary/aromatic N) is 6. The van der Waals surface area contributed by atoms with E-state index < -0.39 is 33.1 Å². The lowest BCUT2D eigenvalue weighted by atomic mass is 10.0. The maximum Gasteiger partial charge on any atom is 0.259 e. The largest absolute Gasteiger partial charge is 0.493 e. The minimum absolute atomic E-state index is 0.0612. The van der Waals surface area contributed by atoms with Crippen LogP contribution in [0.25, 0.3) is 28.3 Å². The van der Waals surface area contributed by atoms with Gasteiger partial charge in [0.05, 0.1) is 47.3 Å². The Bertz CT molecular complexity index is 2560. The van der Waals surface area contributed by atoms with Gasteiger partial charge in [-0.1, -0.05) is 12.1 Å². The number of aromatic nitrogens is 4. The van der Waals surface area contributed by atoms with Crippen LogP contribution in [0, 0.1) is 18.6 Å². The molecule has 58 heavy (non-hydrogen) atoms. The van der Waals surface area contributed by atoms with Crippen molar-refractivity contribution in [3.8, 4) is 34.1 Å². The highest BCUT2D eigenvalue weighted by molar-refractivity contribution is 7.90. The summed E-state index contributed by atoms with van der Waals surface area (Å²) in [6.07, 6.45) is 4.77. The van der Waals surface area contributed by atoms with E-state index in [-0.39, 0.29) is 23.7 Å². The zero-order valence-electron chi connectivity index (χ0n) is 32.6. The first kappa shape index (κ1) is 40.1. The molecular weight excluding hydrogens is 767 g/mol. The van der Waals surface area contributed by atoms with Crippen molar-refractivity contribution in [1.29, 1.82) is 0 Å². The second kappa shape index (κ2) is 17.2. The molecule has 16 heteroatoms. The summed E-state index contributed by atoms with van der Waals surface area (Å²) in [5.74, 6) is -1.26. The van der Waals surface area contributed by atoms with Crippen LogP contribution >= 0.6 is 0 Å². The molecule has 1 fully saturated rings. The number of piperazine rings is 1. The molecule has 1 saturated heterocycles. The molecule has 0 bridgehead atoms. The van der Waals surface area contributed by atoms with E-state index in [0.29, 0.717) is 58.8 Å². The molecule has 3 aromatic heterocycles. The Labute approximate surface area is 335 Å². The van der Waals surface area contributed by atoms with Gasteiger partial charge in [-0.15, -0.1) is 0 Å². The number of pyridine rings is 1. The summed E-state index contributed by atoms with van der Waals surface area (Å²) in [5.41, 5.74) is 5.03. The number of benzene rings is 3. The number of fused-ring (bicyclic) bond motifs is 1. The number of anilines is 4. The Hall–Kier alpha value is -6.13. The number of amides is 1. The number of carbonyl (C=O) groups excluding carboxylic acids is 1. The summed E-state index contributed by atoms with van der Waals surface area (Å²) in [4.78, 5) is 32.5. The average molecular weight is 811 g/mol. The van der Waals surface area contributed by atoms with Gasteiger partial charge < -0.3 is 25.0 Å². The van der Waals surface area contributed by atoms with Crippen molar-refractivity contribution in [3.05, 3.63) is 108 Å². The van der Waals surface area contributed by atoms with Gasteiger partial charge in [-0.3, -0.25) is 14.1 Å². The molecule has 0 aliphatic carbocycles. The molecule has 4 heterocycles. The zero-order chi connectivity index (χ0) is 41.0. The van der Waals surface area contributed by atoms with E-state index in [4.69, 9.17) is 19.4 Å². The molecule has 3 aromatic carbocycles. The molecule has 7 rings (SSSR count).